The van der Waals surface area contributed by atoms with Crippen molar-refractivity contribution in [2.24, 2.45) is 0 Å². The maximum atomic E-state index is 10.6. The van der Waals surface area contributed by atoms with E-state index in [4.69, 9.17) is 0 Å². The predicted octanol–water partition coefficient (Wildman–Crippen LogP) is 1.29. The standard InChI is InChI=1S/C5H11O2S2/c1-5(2,3)8-9(4,6)7/h1H2,2-4H3. The van der Waals surface area contributed by atoms with Crippen LogP contribution in [-0.2, 0) is 8.87 Å². The van der Waals surface area contributed by atoms with Gasteiger partial charge in [0.15, 0.2) is 8.87 Å². The quantitative estimate of drug-likeness (QED) is 0.581. The molecule has 0 spiro atoms. The Labute approximate surface area is 60.3 Å². The molecule has 55 valence electrons. The summed E-state index contributed by atoms with van der Waals surface area (Å²) in [6, 6.07) is 0. The molecule has 0 saturated carbocycles. The van der Waals surface area contributed by atoms with Crippen LogP contribution in [0.5, 0.6) is 0 Å². The maximum Gasteiger partial charge on any atom is 0.199 e. The van der Waals surface area contributed by atoms with Crippen LogP contribution in [0.3, 0.4) is 0 Å². The third-order valence-electron chi connectivity index (χ3n) is 0.377. The van der Waals surface area contributed by atoms with Crippen molar-refractivity contribution >= 4 is 19.7 Å². The predicted molar refractivity (Wildman–Crippen MR) is 41.9 cm³/mol. The molecular formula is C5H11O2S2. The van der Waals surface area contributed by atoms with Gasteiger partial charge in [-0.15, -0.1) is 0 Å². The maximum absolute atomic E-state index is 10.6. The molecule has 0 aromatic carbocycles. The molecule has 0 heterocycles. The van der Waals surface area contributed by atoms with E-state index in [0.717, 1.165) is 10.8 Å². The molecule has 4 heteroatoms. The summed E-state index contributed by atoms with van der Waals surface area (Å²) in [7, 11) is -2.05. The topological polar surface area (TPSA) is 34.1 Å². The molecule has 0 aromatic rings. The lowest BCUT2D eigenvalue weighted by Gasteiger charge is -2.14. The van der Waals surface area contributed by atoms with E-state index in [0.29, 0.717) is 0 Å². The molecular weight excluding hydrogens is 156 g/mol. The van der Waals surface area contributed by atoms with E-state index in [2.05, 4.69) is 6.92 Å². The summed E-state index contributed by atoms with van der Waals surface area (Å²) in [5.74, 6) is 0. The molecule has 0 bridgehead atoms. The number of rotatable bonds is 2. The Bertz CT molecular complexity index is 174. The third-order valence-corrected chi connectivity index (χ3v) is 3.39. The van der Waals surface area contributed by atoms with Gasteiger partial charge in [-0.2, -0.15) is 0 Å². The van der Waals surface area contributed by atoms with Gasteiger partial charge in [-0.25, -0.2) is 8.42 Å². The lowest BCUT2D eigenvalue weighted by molar-refractivity contribution is 0.615. The lowest BCUT2D eigenvalue weighted by atomic mass is 10.3. The van der Waals surface area contributed by atoms with Crippen molar-refractivity contribution in [3.8, 4) is 0 Å². The highest BCUT2D eigenvalue weighted by Gasteiger charge is 2.17. The van der Waals surface area contributed by atoms with Gasteiger partial charge in [0, 0.05) is 11.0 Å². The minimum Gasteiger partial charge on any atom is -0.218 e. The first-order chi connectivity index (χ1) is 3.71. The van der Waals surface area contributed by atoms with Crippen LogP contribution in [0.4, 0.5) is 0 Å². The number of hydrogen-bond acceptors (Lipinski definition) is 3. The van der Waals surface area contributed by atoms with Crippen molar-refractivity contribution in [3.05, 3.63) is 6.92 Å². The molecule has 0 aliphatic carbocycles. The van der Waals surface area contributed by atoms with Crippen molar-refractivity contribution in [1.29, 1.82) is 0 Å². The summed E-state index contributed by atoms with van der Waals surface area (Å²) in [6.07, 6.45) is 1.19. The molecule has 0 aliphatic rings. The summed E-state index contributed by atoms with van der Waals surface area (Å²) >= 11 is 0. The molecule has 0 saturated heterocycles. The average molecular weight is 167 g/mol. The Morgan fingerprint density at radius 2 is 1.78 bits per heavy atom. The van der Waals surface area contributed by atoms with E-state index in [1.54, 1.807) is 13.8 Å². The molecule has 2 nitrogen and oxygen atoms in total. The molecule has 9 heavy (non-hydrogen) atoms. The van der Waals surface area contributed by atoms with E-state index in [-0.39, 0.29) is 0 Å². The minimum absolute atomic E-state index is 0.437. The highest BCUT2D eigenvalue weighted by molar-refractivity contribution is 8.72. The van der Waals surface area contributed by atoms with Crippen LogP contribution in [0.1, 0.15) is 13.8 Å². The molecule has 0 fully saturated rings. The Morgan fingerprint density at radius 1 is 1.44 bits per heavy atom. The van der Waals surface area contributed by atoms with Crippen LogP contribution < -0.4 is 0 Å². The fourth-order valence-corrected chi connectivity index (χ4v) is 3.69. The lowest BCUT2D eigenvalue weighted by Crippen LogP contribution is -2.11. The van der Waals surface area contributed by atoms with Crippen LogP contribution in [0.2, 0.25) is 0 Å². The molecule has 0 atom stereocenters. The third kappa shape index (κ3) is 8.30. The Kier molecular flexibility index (Phi) is 2.58. The molecule has 1 radical (unpaired) electrons. The Balaban J connectivity index is 4.07. The summed E-state index contributed by atoms with van der Waals surface area (Å²) in [5, 5.41) is 0. The van der Waals surface area contributed by atoms with Crippen molar-refractivity contribution in [3.63, 3.8) is 0 Å². The van der Waals surface area contributed by atoms with Crippen molar-refractivity contribution in [2.75, 3.05) is 6.26 Å². The molecule has 0 aromatic heterocycles. The van der Waals surface area contributed by atoms with Gasteiger partial charge >= 0.3 is 0 Å². The zero-order valence-electron chi connectivity index (χ0n) is 5.84. The summed E-state index contributed by atoms with van der Waals surface area (Å²) < 4.78 is 20.7. The van der Waals surface area contributed by atoms with Gasteiger partial charge in [0.1, 0.15) is 0 Å². The van der Waals surface area contributed by atoms with Gasteiger partial charge in [-0.3, -0.25) is 0 Å². The number of hydrogen-bond donors (Lipinski definition) is 0. The largest absolute Gasteiger partial charge is 0.218 e. The van der Waals surface area contributed by atoms with Crippen molar-refractivity contribution in [2.45, 2.75) is 18.6 Å². The monoisotopic (exact) mass is 167 g/mol. The zero-order valence-corrected chi connectivity index (χ0v) is 7.47. The van der Waals surface area contributed by atoms with Crippen LogP contribution in [-0.4, -0.2) is 19.4 Å². The molecule has 0 amide bonds. The van der Waals surface area contributed by atoms with Gasteiger partial charge in [-0.05, 0) is 31.6 Å². The Hall–Kier alpha value is 0.300. The van der Waals surface area contributed by atoms with Crippen LogP contribution in [0.25, 0.3) is 0 Å². The van der Waals surface area contributed by atoms with E-state index >= 15 is 0 Å². The van der Waals surface area contributed by atoms with Gasteiger partial charge in [0.25, 0.3) is 0 Å². The average Bonchev–Trinajstić information content (AvgIpc) is 1.14. The second kappa shape index (κ2) is 2.50. The molecule has 0 N–H and O–H groups in total. The molecule has 0 aliphatic heterocycles. The van der Waals surface area contributed by atoms with Crippen molar-refractivity contribution in [1.82, 2.24) is 0 Å². The van der Waals surface area contributed by atoms with Crippen molar-refractivity contribution < 1.29 is 8.42 Å². The second-order valence-electron chi connectivity index (χ2n) is 2.55. The van der Waals surface area contributed by atoms with Gasteiger partial charge in [-0.1, -0.05) is 0 Å². The first-order valence-corrected chi connectivity index (χ1v) is 5.69. The van der Waals surface area contributed by atoms with Crippen LogP contribution >= 0.6 is 10.8 Å². The van der Waals surface area contributed by atoms with E-state index < -0.39 is 13.6 Å². The normalized spacial score (nSPS) is 13.8. The Morgan fingerprint density at radius 3 is 1.78 bits per heavy atom. The summed E-state index contributed by atoms with van der Waals surface area (Å²) in [5.41, 5.74) is 0. The van der Waals surface area contributed by atoms with Crippen LogP contribution in [0.15, 0.2) is 0 Å². The second-order valence-corrected chi connectivity index (χ2v) is 7.54. The SMILES string of the molecule is [CH2]C(C)(C)SS(C)(=O)=O. The summed E-state index contributed by atoms with van der Waals surface area (Å²) in [4.78, 5) is 0. The zero-order chi connectivity index (χ0) is 7.71. The smallest absolute Gasteiger partial charge is 0.199 e. The van der Waals surface area contributed by atoms with Crippen LogP contribution in [0, 0.1) is 6.92 Å². The molecule has 0 unspecified atom stereocenters. The van der Waals surface area contributed by atoms with Gasteiger partial charge in [0.2, 0.25) is 0 Å². The van der Waals surface area contributed by atoms with E-state index in [1.807, 2.05) is 0 Å². The van der Waals surface area contributed by atoms with Gasteiger partial charge < -0.3 is 0 Å². The minimum atomic E-state index is -2.93. The van der Waals surface area contributed by atoms with Gasteiger partial charge in [0.05, 0.1) is 0 Å². The molecule has 0 rings (SSSR count). The first kappa shape index (κ1) is 9.30. The highest BCUT2D eigenvalue weighted by atomic mass is 33.1. The highest BCUT2D eigenvalue weighted by Crippen LogP contribution is 2.27. The first-order valence-electron chi connectivity index (χ1n) is 2.47. The fraction of sp³-hybridized carbons (Fsp3) is 0.800. The fourth-order valence-electron chi connectivity index (χ4n) is 0.410. The summed E-state index contributed by atoms with van der Waals surface area (Å²) in [6.45, 7) is 7.16. The van der Waals surface area contributed by atoms with E-state index in [9.17, 15) is 8.42 Å². The van der Waals surface area contributed by atoms with E-state index in [1.165, 1.54) is 6.26 Å².